The Morgan fingerprint density at radius 1 is 0.907 bits per heavy atom. The molecule has 0 spiro atoms. The van der Waals surface area contributed by atoms with E-state index in [1.54, 1.807) is 60.7 Å². The average molecular weight is 582 g/mol. The summed E-state index contributed by atoms with van der Waals surface area (Å²) in [6, 6.07) is 20.9. The summed E-state index contributed by atoms with van der Waals surface area (Å²) in [6.07, 6.45) is 2.59. The molecule has 0 fully saturated rings. The lowest BCUT2D eigenvalue weighted by Crippen LogP contribution is -2.30. The van der Waals surface area contributed by atoms with Crippen molar-refractivity contribution in [1.82, 2.24) is 10.3 Å². The number of ether oxygens (including phenoxy) is 1. The maximum absolute atomic E-state index is 12.8. The number of rotatable bonds is 10. The van der Waals surface area contributed by atoms with Gasteiger partial charge in [-0.1, -0.05) is 30.3 Å². The second kappa shape index (κ2) is 13.8. The number of anilines is 4. The fourth-order valence-corrected chi connectivity index (χ4v) is 4.45. The molecule has 4 N–H and O–H groups in total. The highest BCUT2D eigenvalue weighted by atomic mass is 16.5. The summed E-state index contributed by atoms with van der Waals surface area (Å²) in [4.78, 5) is 55.0. The zero-order valence-corrected chi connectivity index (χ0v) is 23.8. The van der Waals surface area contributed by atoms with E-state index in [0.717, 1.165) is 5.56 Å². The Hall–Kier alpha value is -5.71. The molecule has 3 aromatic carbocycles. The van der Waals surface area contributed by atoms with Gasteiger partial charge in [-0.15, -0.1) is 0 Å². The fourth-order valence-electron chi connectivity index (χ4n) is 4.45. The van der Waals surface area contributed by atoms with Crippen LogP contribution in [-0.4, -0.2) is 41.0 Å². The summed E-state index contributed by atoms with van der Waals surface area (Å²) in [6.45, 7) is 3.29. The van der Waals surface area contributed by atoms with Crippen molar-refractivity contribution in [1.29, 1.82) is 0 Å². The number of nitrogens with one attached hydrogen (secondary N) is 3. The lowest BCUT2D eigenvalue weighted by Gasteiger charge is -2.24. The number of benzene rings is 3. The number of para-hydroxylation sites is 1. The average Bonchev–Trinajstić information content (AvgIpc) is 2.99. The van der Waals surface area contributed by atoms with Crippen molar-refractivity contribution in [3.63, 3.8) is 0 Å². The number of nitrogens with zero attached hydrogens (tertiary/aromatic N) is 2. The van der Waals surface area contributed by atoms with Crippen molar-refractivity contribution in [2.24, 2.45) is 0 Å². The van der Waals surface area contributed by atoms with E-state index in [0.29, 0.717) is 39.6 Å². The number of carbonyl (C=O) groups is 4. The number of aliphatic carboxylic acids is 1. The van der Waals surface area contributed by atoms with Crippen molar-refractivity contribution >= 4 is 46.6 Å². The largest absolute Gasteiger partial charge is 0.494 e. The molecule has 1 aromatic heterocycles. The minimum Gasteiger partial charge on any atom is -0.494 e. The van der Waals surface area contributed by atoms with Crippen LogP contribution in [-0.2, 0) is 9.59 Å². The van der Waals surface area contributed by atoms with Crippen LogP contribution in [0.1, 0.15) is 40.9 Å². The first kappa shape index (κ1) is 30.3. The molecule has 0 aliphatic carbocycles. The molecule has 43 heavy (non-hydrogen) atoms. The Morgan fingerprint density at radius 3 is 2.23 bits per heavy atom. The topological polar surface area (TPSA) is 150 Å². The van der Waals surface area contributed by atoms with Gasteiger partial charge in [-0.25, -0.2) is 4.79 Å². The van der Waals surface area contributed by atoms with Gasteiger partial charge in [0.1, 0.15) is 5.75 Å². The number of methoxy groups -OCH3 is 1. The van der Waals surface area contributed by atoms with Gasteiger partial charge < -0.3 is 25.8 Å². The lowest BCUT2D eigenvalue weighted by atomic mass is 10.0. The van der Waals surface area contributed by atoms with Gasteiger partial charge in [0.05, 0.1) is 36.5 Å². The summed E-state index contributed by atoms with van der Waals surface area (Å²) in [5, 5.41) is 17.8. The minimum absolute atomic E-state index is 0.292. The van der Waals surface area contributed by atoms with Gasteiger partial charge in [0.2, 0.25) is 5.91 Å². The van der Waals surface area contributed by atoms with Crippen LogP contribution < -0.4 is 25.6 Å². The molecule has 0 aliphatic heterocycles. The Balaban J connectivity index is 1.54. The zero-order valence-electron chi connectivity index (χ0n) is 23.8. The number of hydrogen-bond acceptors (Lipinski definition) is 6. The second-order valence-corrected chi connectivity index (χ2v) is 9.59. The van der Waals surface area contributed by atoms with Gasteiger partial charge in [0, 0.05) is 36.8 Å². The third kappa shape index (κ3) is 7.73. The monoisotopic (exact) mass is 581 g/mol. The second-order valence-electron chi connectivity index (χ2n) is 9.59. The van der Waals surface area contributed by atoms with E-state index < -0.39 is 23.9 Å². The molecular formula is C32H31N5O6. The first-order chi connectivity index (χ1) is 20.7. The van der Waals surface area contributed by atoms with Gasteiger partial charge in [-0.2, -0.15) is 0 Å². The first-order valence-corrected chi connectivity index (χ1v) is 13.3. The summed E-state index contributed by atoms with van der Waals surface area (Å²) < 4.78 is 5.51. The van der Waals surface area contributed by atoms with Gasteiger partial charge in [-0.3, -0.25) is 24.3 Å². The van der Waals surface area contributed by atoms with Gasteiger partial charge in [0.15, 0.2) is 0 Å². The molecule has 0 saturated heterocycles. The van der Waals surface area contributed by atoms with Crippen LogP contribution in [0.3, 0.4) is 0 Å². The molecule has 4 rings (SSSR count). The normalized spacial score (nSPS) is 11.1. The van der Waals surface area contributed by atoms with Crippen LogP contribution >= 0.6 is 0 Å². The summed E-state index contributed by atoms with van der Waals surface area (Å²) in [7, 11) is 1.46. The van der Waals surface area contributed by atoms with E-state index >= 15 is 0 Å². The quantitative estimate of drug-likeness (QED) is 0.188. The number of carboxylic acids is 1. The maximum atomic E-state index is 12.8. The van der Waals surface area contributed by atoms with E-state index in [9.17, 15) is 24.3 Å². The molecule has 0 aliphatic rings. The van der Waals surface area contributed by atoms with Crippen LogP contribution in [0.5, 0.6) is 5.75 Å². The first-order valence-electron chi connectivity index (χ1n) is 13.3. The fraction of sp³-hybridized carbons (Fsp3) is 0.156. The number of carbonyl (C=O) groups excluding carboxylic acids is 3. The molecule has 220 valence electrons. The van der Waals surface area contributed by atoms with E-state index in [2.05, 4.69) is 20.9 Å². The number of amides is 4. The van der Waals surface area contributed by atoms with Crippen LogP contribution in [0, 0.1) is 6.92 Å². The molecule has 11 heteroatoms. The Kier molecular flexibility index (Phi) is 9.69. The van der Waals surface area contributed by atoms with Crippen molar-refractivity contribution in [2.75, 3.05) is 22.6 Å². The Bertz CT molecular complexity index is 1630. The molecule has 1 heterocycles. The predicted molar refractivity (Wildman–Crippen MR) is 163 cm³/mol. The van der Waals surface area contributed by atoms with E-state index in [1.165, 1.54) is 31.3 Å². The molecule has 0 bridgehead atoms. The number of aryl methyl sites for hydroxylation is 1. The van der Waals surface area contributed by atoms with E-state index in [-0.39, 0.29) is 12.3 Å². The zero-order chi connectivity index (χ0) is 30.9. The smallest absolute Gasteiger partial charge is 0.323 e. The van der Waals surface area contributed by atoms with Crippen molar-refractivity contribution in [3.8, 4) is 5.75 Å². The third-order valence-corrected chi connectivity index (χ3v) is 6.56. The molecule has 0 radical (unpaired) electrons. The SMILES string of the molecule is COc1cc(N(C(C)=O)c2ccc(C(CC(=O)O)NC(=O)c3cccnc3)cc2)ccc1NC(=O)Nc1ccccc1C. The number of urea groups is 1. The molecule has 11 nitrogen and oxygen atoms in total. The number of hydrogen-bond donors (Lipinski definition) is 4. The summed E-state index contributed by atoms with van der Waals surface area (Å²) in [5.41, 5.74) is 3.81. The summed E-state index contributed by atoms with van der Waals surface area (Å²) >= 11 is 0. The third-order valence-electron chi connectivity index (χ3n) is 6.56. The number of carboxylic acid groups (broad SMARTS) is 1. The summed E-state index contributed by atoms with van der Waals surface area (Å²) in [5.74, 6) is -1.50. The van der Waals surface area contributed by atoms with Crippen LogP contribution in [0.4, 0.5) is 27.5 Å². The van der Waals surface area contributed by atoms with Crippen molar-refractivity contribution in [2.45, 2.75) is 26.3 Å². The van der Waals surface area contributed by atoms with E-state index in [1.807, 2.05) is 25.1 Å². The van der Waals surface area contributed by atoms with Gasteiger partial charge in [-0.05, 0) is 60.5 Å². The standard InChI is InChI=1S/C32H31N5O6/c1-20-7-4-5-9-26(20)35-32(42)36-27-15-14-25(17-29(27)43-3)37(21(2)38)24-12-10-22(11-13-24)28(18-30(39)40)34-31(41)23-8-6-16-33-19-23/h4-17,19,28H,18H2,1-3H3,(H,34,41)(H,39,40)(H2,35,36,42). The Labute approximate surface area is 248 Å². The molecular weight excluding hydrogens is 550 g/mol. The highest BCUT2D eigenvalue weighted by Gasteiger charge is 2.21. The Morgan fingerprint density at radius 2 is 1.60 bits per heavy atom. The molecule has 4 aromatic rings. The molecule has 4 amide bonds. The molecule has 0 saturated carbocycles. The highest BCUT2D eigenvalue weighted by molar-refractivity contribution is 6.03. The van der Waals surface area contributed by atoms with Crippen LogP contribution in [0.2, 0.25) is 0 Å². The minimum atomic E-state index is -1.08. The van der Waals surface area contributed by atoms with Crippen LogP contribution in [0.15, 0.2) is 91.3 Å². The molecule has 1 atom stereocenters. The predicted octanol–water partition coefficient (Wildman–Crippen LogP) is 5.67. The van der Waals surface area contributed by atoms with Crippen molar-refractivity contribution < 1.29 is 29.0 Å². The van der Waals surface area contributed by atoms with Crippen LogP contribution in [0.25, 0.3) is 0 Å². The number of aromatic nitrogens is 1. The van der Waals surface area contributed by atoms with Gasteiger partial charge in [0.25, 0.3) is 5.91 Å². The lowest BCUT2D eigenvalue weighted by molar-refractivity contribution is -0.137. The maximum Gasteiger partial charge on any atom is 0.323 e. The molecule has 1 unspecified atom stereocenters. The van der Waals surface area contributed by atoms with Gasteiger partial charge >= 0.3 is 12.0 Å². The number of pyridine rings is 1. The highest BCUT2D eigenvalue weighted by Crippen LogP contribution is 2.34. The van der Waals surface area contributed by atoms with Crippen molar-refractivity contribution in [3.05, 3.63) is 108 Å². The van der Waals surface area contributed by atoms with E-state index in [4.69, 9.17) is 4.74 Å².